The van der Waals surface area contributed by atoms with Crippen LogP contribution in [0.3, 0.4) is 0 Å². The van der Waals surface area contributed by atoms with E-state index in [1.165, 1.54) is 6.07 Å². The first-order chi connectivity index (χ1) is 8.08. The zero-order chi connectivity index (χ0) is 12.4. The quantitative estimate of drug-likeness (QED) is 0.878. The van der Waals surface area contributed by atoms with Crippen LogP contribution in [0, 0.1) is 5.82 Å². The van der Waals surface area contributed by atoms with Crippen molar-refractivity contribution in [2.24, 2.45) is 0 Å². The fraction of sp³-hybridized carbons (Fsp3) is 0.462. The van der Waals surface area contributed by atoms with Crippen LogP contribution in [0.15, 0.2) is 18.2 Å². The number of likely N-dealkylation sites (tertiary alicyclic amines) is 1. The summed E-state index contributed by atoms with van der Waals surface area (Å²) in [5, 5.41) is 8.75. The number of rotatable bonds is 3. The molecule has 1 fully saturated rings. The van der Waals surface area contributed by atoms with E-state index in [1.807, 2.05) is 0 Å². The van der Waals surface area contributed by atoms with E-state index in [1.54, 1.807) is 6.07 Å². The molecule has 1 aromatic rings. The van der Waals surface area contributed by atoms with Crippen molar-refractivity contribution in [2.75, 3.05) is 6.54 Å². The number of halogens is 1. The third-order valence-corrected chi connectivity index (χ3v) is 3.36. The lowest BCUT2D eigenvalue weighted by atomic mass is 10.1. The Morgan fingerprint density at radius 1 is 1.59 bits per heavy atom. The molecule has 1 aromatic carbocycles. The van der Waals surface area contributed by atoms with Gasteiger partial charge in [-0.25, -0.2) is 9.18 Å². The van der Waals surface area contributed by atoms with Crippen LogP contribution < -0.4 is 0 Å². The summed E-state index contributed by atoms with van der Waals surface area (Å²) in [5.41, 5.74) is 0.574. The van der Waals surface area contributed by atoms with Crippen LogP contribution in [0.2, 0.25) is 0 Å². The second kappa shape index (κ2) is 4.84. The topological polar surface area (TPSA) is 40.5 Å². The van der Waals surface area contributed by atoms with Crippen LogP contribution >= 0.6 is 0 Å². The number of hydrogen-bond donors (Lipinski definition) is 1. The van der Waals surface area contributed by atoms with Crippen molar-refractivity contribution in [1.29, 1.82) is 0 Å². The summed E-state index contributed by atoms with van der Waals surface area (Å²) >= 11 is 0. The van der Waals surface area contributed by atoms with Gasteiger partial charge >= 0.3 is 5.97 Å². The van der Waals surface area contributed by atoms with Crippen molar-refractivity contribution in [2.45, 2.75) is 32.4 Å². The van der Waals surface area contributed by atoms with Gasteiger partial charge in [0, 0.05) is 18.2 Å². The van der Waals surface area contributed by atoms with E-state index in [0.29, 0.717) is 18.2 Å². The first-order valence-corrected chi connectivity index (χ1v) is 5.83. The maximum Gasteiger partial charge on any atom is 0.335 e. The predicted octanol–water partition coefficient (Wildman–Crippen LogP) is 2.51. The summed E-state index contributed by atoms with van der Waals surface area (Å²) in [6.07, 6.45) is 2.30. The average Bonchev–Trinajstić information content (AvgIpc) is 2.67. The lowest BCUT2D eigenvalue weighted by Crippen LogP contribution is -2.26. The fourth-order valence-electron chi connectivity index (χ4n) is 2.26. The second-order valence-electron chi connectivity index (χ2n) is 4.57. The van der Waals surface area contributed by atoms with Gasteiger partial charge < -0.3 is 5.11 Å². The van der Waals surface area contributed by atoms with Crippen molar-refractivity contribution in [3.8, 4) is 0 Å². The van der Waals surface area contributed by atoms with E-state index in [0.717, 1.165) is 25.5 Å². The lowest BCUT2D eigenvalue weighted by molar-refractivity contribution is 0.0696. The highest BCUT2D eigenvalue weighted by molar-refractivity contribution is 5.87. The monoisotopic (exact) mass is 237 g/mol. The van der Waals surface area contributed by atoms with Crippen molar-refractivity contribution in [3.63, 3.8) is 0 Å². The zero-order valence-corrected chi connectivity index (χ0v) is 9.82. The molecule has 1 atom stereocenters. The van der Waals surface area contributed by atoms with Crippen molar-refractivity contribution in [3.05, 3.63) is 35.1 Å². The maximum absolute atomic E-state index is 13.7. The molecule has 1 N–H and O–H groups in total. The predicted molar refractivity (Wildman–Crippen MR) is 62.5 cm³/mol. The van der Waals surface area contributed by atoms with Crippen LogP contribution in [-0.2, 0) is 6.54 Å². The van der Waals surface area contributed by atoms with Gasteiger partial charge in [0.15, 0.2) is 0 Å². The number of hydrogen-bond acceptors (Lipinski definition) is 2. The van der Waals surface area contributed by atoms with Gasteiger partial charge in [-0.3, -0.25) is 4.90 Å². The van der Waals surface area contributed by atoms with Gasteiger partial charge in [0.1, 0.15) is 5.82 Å². The molecule has 1 aliphatic heterocycles. The van der Waals surface area contributed by atoms with E-state index in [9.17, 15) is 9.18 Å². The van der Waals surface area contributed by atoms with Crippen molar-refractivity contribution in [1.82, 2.24) is 4.90 Å². The second-order valence-corrected chi connectivity index (χ2v) is 4.57. The smallest absolute Gasteiger partial charge is 0.335 e. The van der Waals surface area contributed by atoms with Gasteiger partial charge in [0.2, 0.25) is 0 Å². The molecule has 1 unspecified atom stereocenters. The highest BCUT2D eigenvalue weighted by Gasteiger charge is 2.21. The molecule has 17 heavy (non-hydrogen) atoms. The molecule has 0 radical (unpaired) electrons. The van der Waals surface area contributed by atoms with E-state index in [4.69, 9.17) is 5.11 Å². The molecule has 1 heterocycles. The van der Waals surface area contributed by atoms with Crippen LogP contribution in [0.5, 0.6) is 0 Å². The molecule has 92 valence electrons. The number of benzene rings is 1. The summed E-state index contributed by atoms with van der Waals surface area (Å²) in [5.74, 6) is -1.52. The molecule has 0 aromatic heterocycles. The molecule has 0 spiro atoms. The Bertz CT molecular complexity index is 433. The maximum atomic E-state index is 13.7. The Morgan fingerprint density at radius 2 is 2.35 bits per heavy atom. The largest absolute Gasteiger partial charge is 0.478 e. The Kier molecular flexibility index (Phi) is 3.43. The molecule has 2 rings (SSSR count). The molecule has 1 aliphatic rings. The van der Waals surface area contributed by atoms with E-state index in [-0.39, 0.29) is 5.56 Å². The summed E-state index contributed by atoms with van der Waals surface area (Å²) in [6.45, 7) is 3.69. The number of aromatic carboxylic acids is 1. The normalized spacial score (nSPS) is 20.7. The van der Waals surface area contributed by atoms with Crippen molar-refractivity contribution < 1.29 is 14.3 Å². The minimum atomic E-state index is -1.09. The van der Waals surface area contributed by atoms with Crippen molar-refractivity contribution >= 4 is 5.97 Å². The minimum absolute atomic E-state index is 0.000667. The third kappa shape index (κ3) is 2.64. The Labute approximate surface area is 99.9 Å². The van der Waals surface area contributed by atoms with Gasteiger partial charge in [-0.1, -0.05) is 6.07 Å². The van der Waals surface area contributed by atoms with Gasteiger partial charge in [-0.2, -0.15) is 0 Å². The van der Waals surface area contributed by atoms with Gasteiger partial charge in [0.05, 0.1) is 5.56 Å². The number of nitrogens with zero attached hydrogens (tertiary/aromatic N) is 1. The number of carboxylic acid groups (broad SMARTS) is 1. The van der Waals surface area contributed by atoms with Crippen LogP contribution in [0.1, 0.15) is 35.7 Å². The molecule has 0 amide bonds. The zero-order valence-electron chi connectivity index (χ0n) is 9.82. The molecule has 1 saturated heterocycles. The summed E-state index contributed by atoms with van der Waals surface area (Å²) in [7, 11) is 0. The third-order valence-electron chi connectivity index (χ3n) is 3.36. The Morgan fingerprint density at radius 3 is 2.88 bits per heavy atom. The van der Waals surface area contributed by atoms with Crippen LogP contribution in [0.4, 0.5) is 4.39 Å². The highest BCUT2D eigenvalue weighted by atomic mass is 19.1. The molecule has 0 saturated carbocycles. The summed E-state index contributed by atoms with van der Waals surface area (Å²) in [6, 6.07) is 4.61. The molecule has 0 aliphatic carbocycles. The molecular formula is C13H16FNO2. The molecule has 3 nitrogen and oxygen atoms in total. The first-order valence-electron chi connectivity index (χ1n) is 5.83. The van der Waals surface area contributed by atoms with E-state index in [2.05, 4.69) is 11.8 Å². The molecule has 4 heteroatoms. The SMILES string of the molecule is CC1CCCN1Cc1ccc(C(=O)O)cc1F. The first kappa shape index (κ1) is 12.0. The molecule has 0 bridgehead atoms. The number of carbonyl (C=O) groups is 1. The Hall–Kier alpha value is -1.42. The van der Waals surface area contributed by atoms with Gasteiger partial charge in [-0.05, 0) is 38.4 Å². The summed E-state index contributed by atoms with van der Waals surface area (Å²) in [4.78, 5) is 12.9. The highest BCUT2D eigenvalue weighted by Crippen LogP contribution is 2.21. The van der Waals surface area contributed by atoms with Crippen LogP contribution in [-0.4, -0.2) is 28.6 Å². The lowest BCUT2D eigenvalue weighted by Gasteiger charge is -2.21. The Balaban J connectivity index is 2.14. The van der Waals surface area contributed by atoms with E-state index >= 15 is 0 Å². The summed E-state index contributed by atoms with van der Waals surface area (Å²) < 4.78 is 13.7. The standard InChI is InChI=1S/C13H16FNO2/c1-9-3-2-6-15(9)8-11-5-4-10(13(16)17)7-12(11)14/h4-5,7,9H,2-3,6,8H2,1H3,(H,16,17). The minimum Gasteiger partial charge on any atom is -0.478 e. The van der Waals surface area contributed by atoms with E-state index < -0.39 is 11.8 Å². The fourth-order valence-corrected chi connectivity index (χ4v) is 2.26. The van der Waals surface area contributed by atoms with Gasteiger partial charge in [-0.15, -0.1) is 0 Å². The molecular weight excluding hydrogens is 221 g/mol. The number of carboxylic acids is 1. The van der Waals surface area contributed by atoms with Gasteiger partial charge in [0.25, 0.3) is 0 Å². The van der Waals surface area contributed by atoms with Crippen LogP contribution in [0.25, 0.3) is 0 Å². The average molecular weight is 237 g/mol.